The molecule has 1 aromatic carbocycles. The van der Waals surface area contributed by atoms with Gasteiger partial charge in [-0.25, -0.2) is 4.79 Å². The molecule has 1 aromatic heterocycles. The van der Waals surface area contributed by atoms with Gasteiger partial charge < -0.3 is 20.3 Å². The highest BCUT2D eigenvalue weighted by atomic mass is 16.5. The largest absolute Gasteiger partial charge is 0.492 e. The number of rotatable bonds is 4. The molecule has 0 saturated carbocycles. The molecule has 0 unspecified atom stereocenters. The summed E-state index contributed by atoms with van der Waals surface area (Å²) in [5.74, 6) is 0.801. The average molecular weight is 383 g/mol. The molecule has 0 radical (unpaired) electrons. The van der Waals surface area contributed by atoms with Crippen LogP contribution in [-0.2, 0) is 31.2 Å². The minimum absolute atomic E-state index is 0.0517. The number of nitrogens with zero attached hydrogens (tertiary/aromatic N) is 3. The minimum atomic E-state index is -0.0755. The van der Waals surface area contributed by atoms with Crippen LogP contribution in [0.3, 0.4) is 0 Å². The first-order valence-electron chi connectivity index (χ1n) is 9.68. The molecule has 0 aliphatic carbocycles. The zero-order chi connectivity index (χ0) is 19.5. The van der Waals surface area contributed by atoms with Gasteiger partial charge in [0.25, 0.3) is 0 Å². The van der Waals surface area contributed by atoms with Gasteiger partial charge in [0.2, 0.25) is 5.91 Å². The third-order valence-electron chi connectivity index (χ3n) is 5.26. The highest BCUT2D eigenvalue weighted by molar-refractivity contribution is 5.94. The summed E-state index contributed by atoms with van der Waals surface area (Å²) in [5.41, 5.74) is 4.26. The van der Waals surface area contributed by atoms with E-state index in [2.05, 4.69) is 15.7 Å². The van der Waals surface area contributed by atoms with E-state index >= 15 is 0 Å². The predicted molar refractivity (Wildman–Crippen MR) is 104 cm³/mol. The fourth-order valence-corrected chi connectivity index (χ4v) is 3.75. The fourth-order valence-electron chi connectivity index (χ4n) is 3.75. The molecular weight excluding hydrogens is 358 g/mol. The lowest BCUT2D eigenvalue weighted by molar-refractivity contribution is -0.116. The average Bonchev–Trinajstić information content (AvgIpc) is 2.91. The Kier molecular flexibility index (Phi) is 5.18. The van der Waals surface area contributed by atoms with Crippen LogP contribution in [0.15, 0.2) is 24.4 Å². The molecule has 0 fully saturated rings. The van der Waals surface area contributed by atoms with E-state index in [1.165, 1.54) is 5.69 Å². The molecule has 2 aliphatic heterocycles. The second-order valence-electron chi connectivity index (χ2n) is 7.21. The van der Waals surface area contributed by atoms with E-state index in [4.69, 9.17) is 4.74 Å². The maximum atomic E-state index is 12.5. The van der Waals surface area contributed by atoms with Gasteiger partial charge >= 0.3 is 6.03 Å². The summed E-state index contributed by atoms with van der Waals surface area (Å²) in [6.45, 7) is 2.15. The van der Waals surface area contributed by atoms with Gasteiger partial charge in [-0.1, -0.05) is 0 Å². The third-order valence-corrected chi connectivity index (χ3v) is 5.26. The Morgan fingerprint density at radius 3 is 3.07 bits per heavy atom. The molecule has 0 bridgehead atoms. The number of aromatic nitrogens is 2. The van der Waals surface area contributed by atoms with Gasteiger partial charge in [-0.05, 0) is 43.0 Å². The van der Waals surface area contributed by atoms with Crippen LogP contribution in [0.1, 0.15) is 29.7 Å². The molecular formula is C20H25N5O3. The summed E-state index contributed by atoms with van der Waals surface area (Å²) in [7, 11) is 1.94. The highest BCUT2D eigenvalue weighted by Gasteiger charge is 2.21. The molecule has 28 heavy (non-hydrogen) atoms. The monoisotopic (exact) mass is 383 g/mol. The number of fused-ring (bicyclic) bond motifs is 2. The molecule has 0 atom stereocenters. The maximum absolute atomic E-state index is 12.5. The summed E-state index contributed by atoms with van der Waals surface area (Å²) in [6.07, 6.45) is 4.95. The third kappa shape index (κ3) is 3.95. The van der Waals surface area contributed by atoms with Gasteiger partial charge in [-0.3, -0.25) is 9.48 Å². The summed E-state index contributed by atoms with van der Waals surface area (Å²) < 4.78 is 7.66. The van der Waals surface area contributed by atoms with Crippen molar-refractivity contribution in [2.24, 2.45) is 7.05 Å². The number of hydrogen-bond donors (Lipinski definition) is 2. The summed E-state index contributed by atoms with van der Waals surface area (Å²) in [6, 6.07) is 5.58. The molecule has 148 valence electrons. The second kappa shape index (κ2) is 7.92. The van der Waals surface area contributed by atoms with Gasteiger partial charge in [0.15, 0.2) is 0 Å². The van der Waals surface area contributed by atoms with E-state index in [0.29, 0.717) is 26.1 Å². The first-order valence-corrected chi connectivity index (χ1v) is 9.68. The number of aryl methyl sites for hydroxylation is 2. The normalized spacial score (nSPS) is 15.9. The van der Waals surface area contributed by atoms with E-state index in [1.807, 2.05) is 41.0 Å². The van der Waals surface area contributed by atoms with Gasteiger partial charge in [-0.2, -0.15) is 5.10 Å². The molecule has 4 rings (SSSR count). The van der Waals surface area contributed by atoms with Crippen molar-refractivity contribution >= 4 is 17.6 Å². The van der Waals surface area contributed by atoms with Crippen LogP contribution in [0.4, 0.5) is 10.5 Å². The first kappa shape index (κ1) is 18.3. The van der Waals surface area contributed by atoms with Crippen molar-refractivity contribution < 1.29 is 14.3 Å². The van der Waals surface area contributed by atoms with E-state index in [0.717, 1.165) is 48.4 Å². The zero-order valence-corrected chi connectivity index (χ0v) is 16.0. The number of carbonyl (C=O) groups is 2. The van der Waals surface area contributed by atoms with Gasteiger partial charge in [0.1, 0.15) is 12.4 Å². The Labute approximate surface area is 163 Å². The van der Waals surface area contributed by atoms with Crippen molar-refractivity contribution in [3.8, 4) is 5.75 Å². The lowest BCUT2D eigenvalue weighted by Gasteiger charge is -2.21. The number of amides is 3. The molecule has 2 aromatic rings. The zero-order valence-electron chi connectivity index (χ0n) is 16.0. The van der Waals surface area contributed by atoms with Crippen LogP contribution in [0.25, 0.3) is 0 Å². The lowest BCUT2D eigenvalue weighted by Crippen LogP contribution is -2.41. The number of hydrogen-bond acceptors (Lipinski definition) is 4. The van der Waals surface area contributed by atoms with Crippen LogP contribution in [0.5, 0.6) is 5.75 Å². The molecule has 0 spiro atoms. The predicted octanol–water partition coefficient (Wildman–Crippen LogP) is 1.84. The van der Waals surface area contributed by atoms with Crippen molar-refractivity contribution in [1.82, 2.24) is 20.0 Å². The quantitative estimate of drug-likeness (QED) is 0.789. The second-order valence-corrected chi connectivity index (χ2v) is 7.21. The molecule has 8 nitrogen and oxygen atoms in total. The molecule has 8 heteroatoms. The molecule has 3 heterocycles. The highest BCUT2D eigenvalue weighted by Crippen LogP contribution is 2.26. The van der Waals surface area contributed by atoms with Crippen LogP contribution in [-0.4, -0.2) is 46.3 Å². The van der Waals surface area contributed by atoms with Crippen molar-refractivity contribution in [2.75, 3.05) is 25.0 Å². The fraction of sp³-hybridized carbons (Fsp3) is 0.450. The van der Waals surface area contributed by atoms with Gasteiger partial charge in [0, 0.05) is 37.0 Å². The van der Waals surface area contributed by atoms with Crippen LogP contribution < -0.4 is 15.4 Å². The topological polar surface area (TPSA) is 88.5 Å². The summed E-state index contributed by atoms with van der Waals surface area (Å²) in [5, 5.41) is 10.1. The number of carbonyl (C=O) groups excluding carboxylic acids is 2. The van der Waals surface area contributed by atoms with Crippen molar-refractivity contribution in [2.45, 2.75) is 32.2 Å². The minimum Gasteiger partial charge on any atom is -0.492 e. The molecule has 2 N–H and O–H groups in total. The van der Waals surface area contributed by atoms with E-state index in [1.54, 1.807) is 0 Å². The summed E-state index contributed by atoms with van der Waals surface area (Å²) >= 11 is 0. The number of benzene rings is 1. The number of ether oxygens (including phenoxy) is 1. The smallest absolute Gasteiger partial charge is 0.317 e. The maximum Gasteiger partial charge on any atom is 0.317 e. The number of nitrogens with one attached hydrogen (secondary N) is 2. The van der Waals surface area contributed by atoms with Crippen LogP contribution in [0.2, 0.25) is 0 Å². The van der Waals surface area contributed by atoms with E-state index in [9.17, 15) is 9.59 Å². The standard InChI is InChI=1S/C20H25N5O3/c1-24-18-3-2-9-25(13-15(18)12-22-24)20(27)21-8-10-28-16-5-6-17-14(11-16)4-7-19(26)23-17/h5-6,11-12H,2-4,7-10,13H2,1H3,(H,21,27)(H,23,26). The van der Waals surface area contributed by atoms with Crippen molar-refractivity contribution in [1.29, 1.82) is 0 Å². The van der Waals surface area contributed by atoms with Crippen molar-refractivity contribution in [3.63, 3.8) is 0 Å². The number of anilines is 1. The Morgan fingerprint density at radius 1 is 1.29 bits per heavy atom. The Hall–Kier alpha value is -3.03. The molecule has 0 saturated heterocycles. The van der Waals surface area contributed by atoms with Gasteiger partial charge in [-0.15, -0.1) is 0 Å². The molecule has 2 aliphatic rings. The summed E-state index contributed by atoms with van der Waals surface area (Å²) in [4.78, 5) is 25.7. The SMILES string of the molecule is Cn1ncc2c1CCCN(C(=O)NCCOc1ccc3c(c1)CCC(=O)N3)C2. The van der Waals surface area contributed by atoms with Gasteiger partial charge in [0.05, 0.1) is 19.3 Å². The van der Waals surface area contributed by atoms with E-state index < -0.39 is 0 Å². The molecule has 3 amide bonds. The van der Waals surface area contributed by atoms with Crippen LogP contribution in [0, 0.1) is 0 Å². The Balaban J connectivity index is 1.25. The first-order chi connectivity index (χ1) is 13.6. The van der Waals surface area contributed by atoms with Crippen LogP contribution >= 0.6 is 0 Å². The number of urea groups is 1. The Bertz CT molecular complexity index is 892. The van der Waals surface area contributed by atoms with Crippen molar-refractivity contribution in [3.05, 3.63) is 41.2 Å². The lowest BCUT2D eigenvalue weighted by atomic mass is 10.0. The Morgan fingerprint density at radius 2 is 2.18 bits per heavy atom. The van der Waals surface area contributed by atoms with E-state index in [-0.39, 0.29) is 11.9 Å².